The summed E-state index contributed by atoms with van der Waals surface area (Å²) >= 11 is 2.02. The van der Waals surface area contributed by atoms with E-state index < -0.39 is 0 Å². The fourth-order valence-electron chi connectivity index (χ4n) is 3.42. The molecule has 0 saturated heterocycles. The summed E-state index contributed by atoms with van der Waals surface area (Å²) in [6, 6.07) is 0.518. The van der Waals surface area contributed by atoms with Crippen LogP contribution in [0.2, 0.25) is 0 Å². The van der Waals surface area contributed by atoms with Gasteiger partial charge in [-0.05, 0) is 39.2 Å². The van der Waals surface area contributed by atoms with E-state index in [0.29, 0.717) is 6.04 Å². The maximum absolute atomic E-state index is 5.02. The molecule has 0 aromatic carbocycles. The number of fused-ring (bicyclic) bond motifs is 1. The quantitative estimate of drug-likeness (QED) is 0.811. The summed E-state index contributed by atoms with van der Waals surface area (Å²) < 4.78 is 0. The van der Waals surface area contributed by atoms with Gasteiger partial charge in [0.1, 0.15) is 0 Å². The summed E-state index contributed by atoms with van der Waals surface area (Å²) in [5.41, 5.74) is 1.38. The first kappa shape index (κ1) is 12.6. The Morgan fingerprint density at radius 3 is 2.56 bits per heavy atom. The van der Waals surface area contributed by atoms with Gasteiger partial charge in [0.05, 0.1) is 16.7 Å². The Morgan fingerprint density at radius 1 is 1.06 bits per heavy atom. The Labute approximate surface area is 114 Å². The van der Waals surface area contributed by atoms with E-state index in [1.165, 1.54) is 68.5 Å². The van der Waals surface area contributed by atoms with Crippen molar-refractivity contribution >= 4 is 11.3 Å². The van der Waals surface area contributed by atoms with Gasteiger partial charge in [0.25, 0.3) is 0 Å². The van der Waals surface area contributed by atoms with Gasteiger partial charge in [0, 0.05) is 10.8 Å². The molecule has 3 rings (SSSR count). The Kier molecular flexibility index (Phi) is 4.00. The third-order valence-corrected chi connectivity index (χ3v) is 5.82. The molecule has 1 aromatic rings. The molecule has 2 nitrogen and oxygen atoms in total. The van der Waals surface area contributed by atoms with Crippen molar-refractivity contribution in [1.82, 2.24) is 10.3 Å². The molecule has 0 spiro atoms. The monoisotopic (exact) mass is 264 g/mol. The summed E-state index contributed by atoms with van der Waals surface area (Å²) in [5, 5.41) is 4.88. The minimum atomic E-state index is 0.518. The van der Waals surface area contributed by atoms with E-state index in [4.69, 9.17) is 4.98 Å². The van der Waals surface area contributed by atoms with Crippen molar-refractivity contribution in [2.24, 2.45) is 0 Å². The topological polar surface area (TPSA) is 24.9 Å². The molecule has 0 amide bonds. The van der Waals surface area contributed by atoms with Gasteiger partial charge >= 0.3 is 0 Å². The smallest absolute Gasteiger partial charge is 0.0962 e. The Morgan fingerprint density at radius 2 is 1.83 bits per heavy atom. The van der Waals surface area contributed by atoms with Gasteiger partial charge in [-0.2, -0.15) is 0 Å². The number of aromatic nitrogens is 1. The van der Waals surface area contributed by atoms with Gasteiger partial charge in [-0.3, -0.25) is 0 Å². The van der Waals surface area contributed by atoms with Gasteiger partial charge in [0.2, 0.25) is 0 Å². The zero-order valence-corrected chi connectivity index (χ0v) is 12.2. The normalized spacial score (nSPS) is 25.7. The lowest BCUT2D eigenvalue weighted by Crippen LogP contribution is -2.21. The molecule has 2 aliphatic rings. The fourth-order valence-corrected chi connectivity index (χ4v) is 4.76. The van der Waals surface area contributed by atoms with Crippen LogP contribution in [0.5, 0.6) is 0 Å². The van der Waals surface area contributed by atoms with Crippen LogP contribution in [0.3, 0.4) is 0 Å². The van der Waals surface area contributed by atoms with E-state index in [1.807, 2.05) is 11.3 Å². The molecular formula is C15H24N2S. The van der Waals surface area contributed by atoms with Crippen LogP contribution in [-0.4, -0.2) is 12.0 Å². The molecule has 1 heterocycles. The van der Waals surface area contributed by atoms with Crippen LogP contribution in [0.4, 0.5) is 0 Å². The van der Waals surface area contributed by atoms with Gasteiger partial charge < -0.3 is 5.32 Å². The third-order valence-electron chi connectivity index (χ3n) is 4.52. The van der Waals surface area contributed by atoms with E-state index in [0.717, 1.165) is 5.92 Å². The second-order valence-corrected chi connectivity index (χ2v) is 6.90. The predicted molar refractivity (Wildman–Crippen MR) is 77.3 cm³/mol. The summed E-state index contributed by atoms with van der Waals surface area (Å²) in [6.07, 6.45) is 12.3. The van der Waals surface area contributed by atoms with Crippen LogP contribution in [0.25, 0.3) is 0 Å². The number of rotatable bonds is 2. The molecule has 2 aliphatic carbocycles. The van der Waals surface area contributed by atoms with Crippen molar-refractivity contribution < 1.29 is 0 Å². The lowest BCUT2D eigenvalue weighted by molar-refractivity contribution is 0.486. The Balaban J connectivity index is 1.82. The largest absolute Gasteiger partial charge is 0.312 e. The highest BCUT2D eigenvalue weighted by atomic mass is 32.1. The zero-order valence-electron chi connectivity index (χ0n) is 11.4. The molecule has 1 fully saturated rings. The maximum atomic E-state index is 5.02. The summed E-state index contributed by atoms with van der Waals surface area (Å²) in [4.78, 5) is 6.59. The molecule has 18 heavy (non-hydrogen) atoms. The molecule has 0 bridgehead atoms. The van der Waals surface area contributed by atoms with E-state index in [1.54, 1.807) is 4.88 Å². The number of thiazole rings is 1. The molecule has 1 saturated carbocycles. The zero-order chi connectivity index (χ0) is 12.4. The summed E-state index contributed by atoms with van der Waals surface area (Å²) in [5.74, 6) is 0.764. The molecule has 0 radical (unpaired) electrons. The van der Waals surface area contributed by atoms with Crippen molar-refractivity contribution in [2.75, 3.05) is 7.05 Å². The second-order valence-electron chi connectivity index (χ2n) is 5.78. The summed E-state index contributed by atoms with van der Waals surface area (Å²) in [7, 11) is 2.07. The van der Waals surface area contributed by atoms with E-state index in [-0.39, 0.29) is 0 Å². The van der Waals surface area contributed by atoms with Crippen LogP contribution < -0.4 is 5.32 Å². The molecular weight excluding hydrogens is 240 g/mol. The number of nitrogens with one attached hydrogen (secondary N) is 1. The lowest BCUT2D eigenvalue weighted by atomic mass is 9.97. The van der Waals surface area contributed by atoms with Crippen molar-refractivity contribution in [3.63, 3.8) is 0 Å². The molecule has 0 aliphatic heterocycles. The minimum absolute atomic E-state index is 0.518. The highest BCUT2D eigenvalue weighted by Gasteiger charge is 2.26. The highest BCUT2D eigenvalue weighted by Crippen LogP contribution is 2.39. The third kappa shape index (κ3) is 2.48. The highest BCUT2D eigenvalue weighted by molar-refractivity contribution is 7.11. The van der Waals surface area contributed by atoms with Crippen molar-refractivity contribution in [1.29, 1.82) is 0 Å². The molecule has 3 heteroatoms. The molecule has 1 atom stereocenters. The average molecular weight is 264 g/mol. The van der Waals surface area contributed by atoms with Crippen LogP contribution in [0.1, 0.15) is 78.9 Å². The van der Waals surface area contributed by atoms with Crippen LogP contribution >= 0.6 is 11.3 Å². The second kappa shape index (κ2) is 5.70. The standard InChI is InChI=1S/C15H24N2S/c1-16-12-9-6-10-13-14(12)17-15(18-13)11-7-4-2-3-5-8-11/h11-12,16H,2-10H2,1H3. The fraction of sp³-hybridized carbons (Fsp3) is 0.800. The molecule has 1 N–H and O–H groups in total. The first-order chi connectivity index (χ1) is 8.88. The summed E-state index contributed by atoms with van der Waals surface area (Å²) in [6.45, 7) is 0. The average Bonchev–Trinajstić information content (AvgIpc) is 2.65. The van der Waals surface area contributed by atoms with Crippen molar-refractivity contribution in [2.45, 2.75) is 69.7 Å². The SMILES string of the molecule is CNC1CCCc2sc(C3CCCCCC3)nc21. The van der Waals surface area contributed by atoms with Crippen LogP contribution in [0, 0.1) is 0 Å². The Hall–Kier alpha value is -0.410. The van der Waals surface area contributed by atoms with Crippen LogP contribution in [0.15, 0.2) is 0 Å². The van der Waals surface area contributed by atoms with E-state index in [9.17, 15) is 0 Å². The lowest BCUT2D eigenvalue weighted by Gasteiger charge is -2.20. The van der Waals surface area contributed by atoms with Gasteiger partial charge in [-0.15, -0.1) is 11.3 Å². The minimum Gasteiger partial charge on any atom is -0.312 e. The molecule has 1 aromatic heterocycles. The van der Waals surface area contributed by atoms with Gasteiger partial charge in [-0.1, -0.05) is 25.7 Å². The number of hydrogen-bond donors (Lipinski definition) is 1. The van der Waals surface area contributed by atoms with Gasteiger partial charge in [0.15, 0.2) is 0 Å². The maximum Gasteiger partial charge on any atom is 0.0962 e. The number of aryl methyl sites for hydroxylation is 1. The number of hydrogen-bond acceptors (Lipinski definition) is 3. The van der Waals surface area contributed by atoms with E-state index in [2.05, 4.69) is 12.4 Å². The first-order valence-corrected chi connectivity index (χ1v) is 8.37. The molecule has 1 unspecified atom stereocenters. The van der Waals surface area contributed by atoms with Crippen molar-refractivity contribution in [3.05, 3.63) is 15.6 Å². The number of nitrogens with zero attached hydrogens (tertiary/aromatic N) is 1. The Bertz CT molecular complexity index is 391. The predicted octanol–water partition coefficient (Wildman–Crippen LogP) is 4.18. The molecule has 100 valence electrons. The van der Waals surface area contributed by atoms with Crippen molar-refractivity contribution in [3.8, 4) is 0 Å². The van der Waals surface area contributed by atoms with Gasteiger partial charge in [-0.25, -0.2) is 4.98 Å². The van der Waals surface area contributed by atoms with Crippen LogP contribution in [-0.2, 0) is 6.42 Å². The first-order valence-electron chi connectivity index (χ1n) is 7.55. The van der Waals surface area contributed by atoms with E-state index >= 15 is 0 Å².